The lowest BCUT2D eigenvalue weighted by Gasteiger charge is -2.34. The van der Waals surface area contributed by atoms with E-state index in [0.717, 1.165) is 31.5 Å². The Kier molecular flexibility index (Phi) is 7.56. The largest absolute Gasteiger partial charge is 0.490 e. The van der Waals surface area contributed by atoms with E-state index < -0.39 is 0 Å². The lowest BCUT2D eigenvalue weighted by Crippen LogP contribution is -2.42. The van der Waals surface area contributed by atoms with Gasteiger partial charge in [0, 0.05) is 31.7 Å². The van der Waals surface area contributed by atoms with Crippen LogP contribution >= 0.6 is 0 Å². The summed E-state index contributed by atoms with van der Waals surface area (Å²) in [7, 11) is 0. The SMILES string of the molecule is CCOc1ccc(C(=O)NCCN2CC(C)CC(C)C2)cc1OCC. The smallest absolute Gasteiger partial charge is 0.251 e. The highest BCUT2D eigenvalue weighted by Crippen LogP contribution is 2.28. The Bertz CT molecular complexity index is 552. The third kappa shape index (κ3) is 5.92. The standard InChI is InChI=1S/C20H32N2O3/c1-5-24-18-8-7-17(12-19(18)25-6-2)20(23)21-9-10-22-13-15(3)11-16(4)14-22/h7-8,12,15-16H,5-6,9-11,13-14H2,1-4H3,(H,21,23). The molecule has 1 aromatic rings. The summed E-state index contributed by atoms with van der Waals surface area (Å²) in [4.78, 5) is 14.9. The number of likely N-dealkylation sites (tertiary alicyclic amines) is 1. The maximum atomic E-state index is 12.4. The van der Waals surface area contributed by atoms with Crippen LogP contribution in [-0.2, 0) is 0 Å². The highest BCUT2D eigenvalue weighted by Gasteiger charge is 2.21. The third-order valence-electron chi connectivity index (χ3n) is 4.46. The summed E-state index contributed by atoms with van der Waals surface area (Å²) in [6.07, 6.45) is 1.30. The molecule has 1 N–H and O–H groups in total. The van der Waals surface area contributed by atoms with Crippen LogP contribution in [0, 0.1) is 11.8 Å². The normalized spacial score (nSPS) is 21.0. The van der Waals surface area contributed by atoms with Crippen molar-refractivity contribution < 1.29 is 14.3 Å². The number of carbonyl (C=O) groups is 1. The number of rotatable bonds is 8. The molecule has 0 aromatic heterocycles. The number of hydrogen-bond donors (Lipinski definition) is 1. The Hall–Kier alpha value is -1.75. The first-order valence-electron chi connectivity index (χ1n) is 9.43. The van der Waals surface area contributed by atoms with Gasteiger partial charge in [0.2, 0.25) is 0 Å². The molecule has 2 atom stereocenters. The van der Waals surface area contributed by atoms with Gasteiger partial charge in [-0.2, -0.15) is 0 Å². The predicted octanol–water partition coefficient (Wildman–Crippen LogP) is 3.19. The zero-order valence-electron chi connectivity index (χ0n) is 16.0. The lowest BCUT2D eigenvalue weighted by molar-refractivity contribution is 0.0936. The summed E-state index contributed by atoms with van der Waals surface area (Å²) in [5.41, 5.74) is 0.604. The van der Waals surface area contributed by atoms with Crippen LogP contribution in [0.15, 0.2) is 18.2 Å². The quantitative estimate of drug-likeness (QED) is 0.784. The summed E-state index contributed by atoms with van der Waals surface area (Å²) < 4.78 is 11.1. The average Bonchev–Trinajstić information content (AvgIpc) is 2.56. The molecule has 1 heterocycles. The Morgan fingerprint density at radius 3 is 2.40 bits per heavy atom. The Balaban J connectivity index is 1.88. The second kappa shape index (κ2) is 9.66. The second-order valence-electron chi connectivity index (χ2n) is 6.99. The van der Waals surface area contributed by atoms with Crippen molar-refractivity contribution in [2.45, 2.75) is 34.1 Å². The molecule has 1 amide bonds. The number of ether oxygens (including phenoxy) is 2. The van der Waals surface area contributed by atoms with E-state index in [9.17, 15) is 4.79 Å². The van der Waals surface area contributed by atoms with E-state index in [1.165, 1.54) is 6.42 Å². The lowest BCUT2D eigenvalue weighted by atomic mass is 9.92. The summed E-state index contributed by atoms with van der Waals surface area (Å²) in [5, 5.41) is 3.02. The fourth-order valence-corrected chi connectivity index (χ4v) is 3.60. The van der Waals surface area contributed by atoms with Crippen molar-refractivity contribution in [1.29, 1.82) is 0 Å². The van der Waals surface area contributed by atoms with E-state index in [1.54, 1.807) is 18.2 Å². The fourth-order valence-electron chi connectivity index (χ4n) is 3.60. The molecule has 1 aliphatic rings. The first-order valence-corrected chi connectivity index (χ1v) is 9.43. The monoisotopic (exact) mass is 348 g/mol. The van der Waals surface area contributed by atoms with Gasteiger partial charge in [0.15, 0.2) is 11.5 Å². The van der Waals surface area contributed by atoms with Crippen LogP contribution < -0.4 is 14.8 Å². The molecule has 0 spiro atoms. The van der Waals surface area contributed by atoms with Crippen molar-refractivity contribution in [2.24, 2.45) is 11.8 Å². The van der Waals surface area contributed by atoms with Gasteiger partial charge in [0.05, 0.1) is 13.2 Å². The van der Waals surface area contributed by atoms with Gasteiger partial charge in [-0.05, 0) is 50.3 Å². The Labute approximate surface area is 151 Å². The summed E-state index contributed by atoms with van der Waals surface area (Å²) >= 11 is 0. The summed E-state index contributed by atoms with van der Waals surface area (Å²) in [6, 6.07) is 5.35. The zero-order valence-corrected chi connectivity index (χ0v) is 16.0. The molecule has 2 rings (SSSR count). The van der Waals surface area contributed by atoms with Crippen LogP contribution in [0.25, 0.3) is 0 Å². The zero-order chi connectivity index (χ0) is 18.2. The molecule has 140 valence electrons. The molecule has 0 saturated carbocycles. The van der Waals surface area contributed by atoms with Gasteiger partial charge in [0.25, 0.3) is 5.91 Å². The van der Waals surface area contributed by atoms with Crippen LogP contribution in [0.3, 0.4) is 0 Å². The maximum absolute atomic E-state index is 12.4. The van der Waals surface area contributed by atoms with E-state index in [4.69, 9.17) is 9.47 Å². The van der Waals surface area contributed by atoms with Crippen LogP contribution in [0.5, 0.6) is 11.5 Å². The number of carbonyl (C=O) groups excluding carboxylic acids is 1. The molecule has 1 aromatic carbocycles. The molecule has 0 radical (unpaired) electrons. The van der Waals surface area contributed by atoms with E-state index in [0.29, 0.717) is 36.8 Å². The van der Waals surface area contributed by atoms with Crippen molar-refractivity contribution in [1.82, 2.24) is 10.2 Å². The van der Waals surface area contributed by atoms with Gasteiger partial charge in [-0.1, -0.05) is 13.8 Å². The van der Waals surface area contributed by atoms with Crippen molar-refractivity contribution in [3.8, 4) is 11.5 Å². The number of hydrogen-bond acceptors (Lipinski definition) is 4. The molecular formula is C20H32N2O3. The van der Waals surface area contributed by atoms with Crippen molar-refractivity contribution in [3.63, 3.8) is 0 Å². The number of nitrogens with zero attached hydrogens (tertiary/aromatic N) is 1. The highest BCUT2D eigenvalue weighted by molar-refractivity contribution is 5.94. The maximum Gasteiger partial charge on any atom is 0.251 e. The molecule has 1 fully saturated rings. The number of amides is 1. The van der Waals surface area contributed by atoms with Crippen LogP contribution in [0.2, 0.25) is 0 Å². The van der Waals surface area contributed by atoms with E-state index in [-0.39, 0.29) is 5.91 Å². The van der Waals surface area contributed by atoms with Crippen LogP contribution in [0.4, 0.5) is 0 Å². The van der Waals surface area contributed by atoms with Gasteiger partial charge in [0.1, 0.15) is 0 Å². The molecule has 2 unspecified atom stereocenters. The van der Waals surface area contributed by atoms with Crippen molar-refractivity contribution in [2.75, 3.05) is 39.4 Å². The minimum absolute atomic E-state index is 0.0675. The minimum Gasteiger partial charge on any atom is -0.490 e. The molecule has 5 heteroatoms. The summed E-state index contributed by atoms with van der Waals surface area (Å²) in [5.74, 6) is 2.70. The first-order chi connectivity index (χ1) is 12.0. The Morgan fingerprint density at radius 2 is 1.76 bits per heavy atom. The third-order valence-corrected chi connectivity index (χ3v) is 4.46. The summed E-state index contributed by atoms with van der Waals surface area (Å²) in [6.45, 7) is 13.4. The topological polar surface area (TPSA) is 50.8 Å². The van der Waals surface area contributed by atoms with Gasteiger partial charge in [-0.25, -0.2) is 0 Å². The molecule has 0 bridgehead atoms. The number of nitrogens with one attached hydrogen (secondary N) is 1. The van der Waals surface area contributed by atoms with Gasteiger partial charge in [-0.15, -0.1) is 0 Å². The molecule has 25 heavy (non-hydrogen) atoms. The minimum atomic E-state index is -0.0675. The Morgan fingerprint density at radius 1 is 1.12 bits per heavy atom. The molecule has 1 aliphatic heterocycles. The van der Waals surface area contributed by atoms with E-state index in [1.807, 2.05) is 13.8 Å². The van der Waals surface area contributed by atoms with Crippen LogP contribution in [-0.4, -0.2) is 50.2 Å². The van der Waals surface area contributed by atoms with Crippen LogP contribution in [0.1, 0.15) is 44.5 Å². The second-order valence-corrected chi connectivity index (χ2v) is 6.99. The predicted molar refractivity (Wildman–Crippen MR) is 100 cm³/mol. The average molecular weight is 348 g/mol. The van der Waals surface area contributed by atoms with E-state index in [2.05, 4.69) is 24.1 Å². The van der Waals surface area contributed by atoms with Crippen molar-refractivity contribution >= 4 is 5.91 Å². The van der Waals surface area contributed by atoms with Gasteiger partial charge >= 0.3 is 0 Å². The van der Waals surface area contributed by atoms with Gasteiger partial charge < -0.3 is 19.7 Å². The van der Waals surface area contributed by atoms with E-state index >= 15 is 0 Å². The molecule has 0 aliphatic carbocycles. The molecule has 5 nitrogen and oxygen atoms in total. The molecule has 1 saturated heterocycles. The van der Waals surface area contributed by atoms with Gasteiger partial charge in [-0.3, -0.25) is 4.79 Å². The molecular weight excluding hydrogens is 316 g/mol. The van der Waals surface area contributed by atoms with Crippen molar-refractivity contribution in [3.05, 3.63) is 23.8 Å². The fraction of sp³-hybridized carbons (Fsp3) is 0.650. The first kappa shape index (κ1) is 19.6. The highest BCUT2D eigenvalue weighted by atomic mass is 16.5. The number of benzene rings is 1. The number of piperidine rings is 1.